The van der Waals surface area contributed by atoms with E-state index in [1.54, 1.807) is 25.3 Å². The monoisotopic (exact) mass is 359 g/mol. The fourth-order valence-electron chi connectivity index (χ4n) is 2.23. The Hall–Kier alpha value is -2.46. The maximum absolute atomic E-state index is 12.1. The summed E-state index contributed by atoms with van der Waals surface area (Å²) in [6.45, 7) is 5.77. The summed E-state index contributed by atoms with van der Waals surface area (Å²) in [6.07, 6.45) is 3.25. The van der Waals surface area contributed by atoms with Crippen molar-refractivity contribution in [3.05, 3.63) is 58.6 Å². The highest BCUT2D eigenvalue weighted by Gasteiger charge is 2.07. The van der Waals surface area contributed by atoms with E-state index < -0.39 is 0 Å². The number of anilines is 1. The largest absolute Gasteiger partial charge is 0.493 e. The number of hydrogen-bond donors (Lipinski definition) is 1. The van der Waals surface area contributed by atoms with E-state index in [1.807, 2.05) is 45.0 Å². The highest BCUT2D eigenvalue weighted by Crippen LogP contribution is 2.29. The van der Waals surface area contributed by atoms with Crippen LogP contribution < -0.4 is 14.8 Å². The Morgan fingerprint density at radius 2 is 1.96 bits per heavy atom. The average molecular weight is 360 g/mol. The number of benzene rings is 2. The second kappa shape index (κ2) is 8.58. The first-order valence-corrected chi connectivity index (χ1v) is 8.37. The van der Waals surface area contributed by atoms with Crippen LogP contribution in [0.4, 0.5) is 5.69 Å². The van der Waals surface area contributed by atoms with Crippen LogP contribution in [0.2, 0.25) is 5.02 Å². The number of ether oxygens (including phenoxy) is 2. The summed E-state index contributed by atoms with van der Waals surface area (Å²) in [6, 6.07) is 10.9. The molecule has 0 aliphatic rings. The second-order valence-corrected chi connectivity index (χ2v) is 6.22. The lowest BCUT2D eigenvalue weighted by atomic mass is 10.1. The van der Waals surface area contributed by atoms with Gasteiger partial charge in [0.05, 0.1) is 13.2 Å². The third-order valence-electron chi connectivity index (χ3n) is 3.50. The zero-order valence-electron chi connectivity index (χ0n) is 14.8. The lowest BCUT2D eigenvalue weighted by Crippen LogP contribution is -2.09. The van der Waals surface area contributed by atoms with Crippen molar-refractivity contribution in [3.8, 4) is 11.5 Å². The summed E-state index contributed by atoms with van der Waals surface area (Å²) in [7, 11) is 1.59. The molecule has 0 atom stereocenters. The van der Waals surface area contributed by atoms with E-state index in [-0.39, 0.29) is 12.0 Å². The van der Waals surface area contributed by atoms with Gasteiger partial charge in [-0.15, -0.1) is 0 Å². The lowest BCUT2D eigenvalue weighted by molar-refractivity contribution is -0.111. The van der Waals surface area contributed by atoms with Gasteiger partial charge in [-0.2, -0.15) is 0 Å². The van der Waals surface area contributed by atoms with Crippen molar-refractivity contribution in [3.63, 3.8) is 0 Å². The Bertz CT molecular complexity index is 785. The molecule has 2 aromatic rings. The van der Waals surface area contributed by atoms with E-state index in [4.69, 9.17) is 21.1 Å². The molecule has 0 heterocycles. The number of methoxy groups -OCH3 is 1. The number of amides is 1. The minimum absolute atomic E-state index is 0.0574. The average Bonchev–Trinajstić information content (AvgIpc) is 2.57. The molecule has 0 bridgehead atoms. The smallest absolute Gasteiger partial charge is 0.248 e. The Balaban J connectivity index is 2.10. The topological polar surface area (TPSA) is 47.6 Å². The molecule has 1 N–H and O–H groups in total. The first-order chi connectivity index (χ1) is 11.9. The van der Waals surface area contributed by atoms with Crippen LogP contribution in [-0.2, 0) is 4.79 Å². The van der Waals surface area contributed by atoms with Crippen molar-refractivity contribution in [2.75, 3.05) is 12.4 Å². The molecule has 0 fully saturated rings. The van der Waals surface area contributed by atoms with Crippen LogP contribution in [0.5, 0.6) is 11.5 Å². The molecule has 2 rings (SSSR count). The summed E-state index contributed by atoms with van der Waals surface area (Å²) in [5.41, 5.74) is 2.37. The van der Waals surface area contributed by atoms with Crippen LogP contribution in [-0.4, -0.2) is 19.1 Å². The Kier molecular flexibility index (Phi) is 6.48. The molecule has 0 aliphatic heterocycles. The van der Waals surface area contributed by atoms with Gasteiger partial charge in [0.1, 0.15) is 0 Å². The summed E-state index contributed by atoms with van der Waals surface area (Å²) >= 11 is 6.06. The molecule has 1 amide bonds. The van der Waals surface area contributed by atoms with Gasteiger partial charge in [-0.3, -0.25) is 4.79 Å². The van der Waals surface area contributed by atoms with Gasteiger partial charge in [-0.25, -0.2) is 0 Å². The molecular formula is C20H22ClNO3. The molecule has 0 spiro atoms. The summed E-state index contributed by atoms with van der Waals surface area (Å²) in [5.74, 6) is 1.07. The van der Waals surface area contributed by atoms with E-state index in [9.17, 15) is 4.79 Å². The predicted molar refractivity (Wildman–Crippen MR) is 103 cm³/mol. The quantitative estimate of drug-likeness (QED) is 0.730. The molecule has 0 radical (unpaired) electrons. The predicted octanol–water partition coefficient (Wildman–Crippen LogP) is 5.10. The minimum Gasteiger partial charge on any atom is -0.493 e. The van der Waals surface area contributed by atoms with Gasteiger partial charge < -0.3 is 14.8 Å². The van der Waals surface area contributed by atoms with Gasteiger partial charge in [-0.05, 0) is 62.2 Å². The maximum atomic E-state index is 12.1. The van der Waals surface area contributed by atoms with Crippen molar-refractivity contribution >= 4 is 29.3 Å². The molecule has 132 valence electrons. The number of halogens is 1. The van der Waals surface area contributed by atoms with Crippen LogP contribution in [0, 0.1) is 6.92 Å². The SMILES string of the molecule is COc1cc(/C=C/C(=O)Nc2cccc(Cl)c2C)ccc1OC(C)C. The molecule has 0 unspecified atom stereocenters. The van der Waals surface area contributed by atoms with Gasteiger partial charge in [0.2, 0.25) is 5.91 Å². The van der Waals surface area contributed by atoms with E-state index in [2.05, 4.69) is 5.32 Å². The van der Waals surface area contributed by atoms with Crippen LogP contribution in [0.1, 0.15) is 25.0 Å². The molecular weight excluding hydrogens is 338 g/mol. The van der Waals surface area contributed by atoms with E-state index in [0.717, 1.165) is 11.1 Å². The van der Waals surface area contributed by atoms with E-state index in [1.165, 1.54) is 6.08 Å². The number of rotatable bonds is 6. The highest BCUT2D eigenvalue weighted by atomic mass is 35.5. The van der Waals surface area contributed by atoms with Crippen LogP contribution >= 0.6 is 11.6 Å². The molecule has 0 saturated carbocycles. The first-order valence-electron chi connectivity index (χ1n) is 7.99. The van der Waals surface area contributed by atoms with Crippen molar-refractivity contribution in [1.82, 2.24) is 0 Å². The molecule has 0 aromatic heterocycles. The van der Waals surface area contributed by atoms with Crippen molar-refractivity contribution in [2.24, 2.45) is 0 Å². The van der Waals surface area contributed by atoms with Gasteiger partial charge >= 0.3 is 0 Å². The van der Waals surface area contributed by atoms with Crippen LogP contribution in [0.25, 0.3) is 6.08 Å². The summed E-state index contributed by atoms with van der Waals surface area (Å²) in [5, 5.41) is 3.44. The number of nitrogens with one attached hydrogen (secondary N) is 1. The third-order valence-corrected chi connectivity index (χ3v) is 3.91. The molecule has 0 saturated heterocycles. The van der Waals surface area contributed by atoms with Gasteiger partial charge in [-0.1, -0.05) is 23.7 Å². The molecule has 4 nitrogen and oxygen atoms in total. The van der Waals surface area contributed by atoms with Gasteiger partial charge in [0, 0.05) is 16.8 Å². The normalized spacial score (nSPS) is 11.0. The zero-order chi connectivity index (χ0) is 18.4. The Morgan fingerprint density at radius 3 is 2.64 bits per heavy atom. The Morgan fingerprint density at radius 1 is 1.20 bits per heavy atom. The van der Waals surface area contributed by atoms with E-state index in [0.29, 0.717) is 22.2 Å². The van der Waals surface area contributed by atoms with E-state index >= 15 is 0 Å². The number of carbonyl (C=O) groups is 1. The third kappa shape index (κ3) is 5.26. The fourth-order valence-corrected chi connectivity index (χ4v) is 2.40. The second-order valence-electron chi connectivity index (χ2n) is 5.81. The number of hydrogen-bond acceptors (Lipinski definition) is 3. The van der Waals surface area contributed by atoms with Crippen LogP contribution in [0.3, 0.4) is 0 Å². The molecule has 2 aromatic carbocycles. The Labute approximate surface area is 153 Å². The van der Waals surface area contributed by atoms with Gasteiger partial charge in [0.15, 0.2) is 11.5 Å². The maximum Gasteiger partial charge on any atom is 0.248 e. The van der Waals surface area contributed by atoms with Crippen molar-refractivity contribution in [1.29, 1.82) is 0 Å². The zero-order valence-corrected chi connectivity index (χ0v) is 15.6. The molecule has 0 aliphatic carbocycles. The van der Waals surface area contributed by atoms with Gasteiger partial charge in [0.25, 0.3) is 0 Å². The fraction of sp³-hybridized carbons (Fsp3) is 0.250. The lowest BCUT2D eigenvalue weighted by Gasteiger charge is -2.13. The van der Waals surface area contributed by atoms with Crippen LogP contribution in [0.15, 0.2) is 42.5 Å². The van der Waals surface area contributed by atoms with Crippen molar-refractivity contribution < 1.29 is 14.3 Å². The molecule has 5 heteroatoms. The minimum atomic E-state index is -0.230. The number of carbonyl (C=O) groups excluding carboxylic acids is 1. The highest BCUT2D eigenvalue weighted by molar-refractivity contribution is 6.31. The van der Waals surface area contributed by atoms with Crippen molar-refractivity contribution in [2.45, 2.75) is 26.9 Å². The summed E-state index contributed by atoms with van der Waals surface area (Å²) < 4.78 is 11.0. The standard InChI is InChI=1S/C20H22ClNO3/c1-13(2)25-18-10-8-15(12-19(18)24-4)9-11-20(23)22-17-7-5-6-16(21)14(17)3/h5-13H,1-4H3,(H,22,23)/b11-9+. The molecule has 25 heavy (non-hydrogen) atoms. The summed E-state index contributed by atoms with van der Waals surface area (Å²) in [4.78, 5) is 12.1. The first kappa shape index (κ1) is 18.9.